The Hall–Kier alpha value is -1.46. The van der Waals surface area contributed by atoms with Crippen LogP contribution in [0.2, 0.25) is 0 Å². The molecule has 0 aromatic heterocycles. The average molecular weight is 248 g/mol. The molecular formula is C14H16O4. The van der Waals surface area contributed by atoms with E-state index in [1.807, 2.05) is 0 Å². The van der Waals surface area contributed by atoms with Gasteiger partial charge in [-0.2, -0.15) is 0 Å². The fourth-order valence-electron chi connectivity index (χ4n) is 2.32. The Morgan fingerprint density at radius 3 is 0.889 bits per heavy atom. The lowest BCUT2D eigenvalue weighted by molar-refractivity contribution is 0.274. The van der Waals surface area contributed by atoms with E-state index in [9.17, 15) is 20.4 Å². The normalized spacial score (nSPS) is 11.1. The van der Waals surface area contributed by atoms with Crippen molar-refractivity contribution in [2.24, 2.45) is 0 Å². The number of aliphatic hydroxyl groups is 4. The molecule has 2 aromatic carbocycles. The Kier molecular flexibility index (Phi) is 3.93. The van der Waals surface area contributed by atoms with Crippen LogP contribution in [0.1, 0.15) is 22.3 Å². The third kappa shape index (κ3) is 2.00. The van der Waals surface area contributed by atoms with Crippen molar-refractivity contribution in [1.82, 2.24) is 0 Å². The lowest BCUT2D eigenvalue weighted by Crippen LogP contribution is -2.00. The van der Waals surface area contributed by atoms with Crippen LogP contribution >= 0.6 is 0 Å². The first-order valence-electron chi connectivity index (χ1n) is 5.75. The molecule has 0 spiro atoms. The zero-order valence-corrected chi connectivity index (χ0v) is 9.93. The SMILES string of the molecule is OCc1ccc(CO)c2c(CO)ccc(CO)c12. The minimum Gasteiger partial charge on any atom is -0.392 e. The molecule has 18 heavy (non-hydrogen) atoms. The van der Waals surface area contributed by atoms with Gasteiger partial charge >= 0.3 is 0 Å². The highest BCUT2D eigenvalue weighted by molar-refractivity contribution is 5.94. The number of hydrogen-bond donors (Lipinski definition) is 4. The van der Waals surface area contributed by atoms with Crippen LogP contribution < -0.4 is 0 Å². The standard InChI is InChI=1S/C14H16O4/c15-5-9-1-2-10(6-16)14-12(8-18)4-3-11(7-17)13(9)14/h1-4,15-18H,5-8H2. The van der Waals surface area contributed by atoms with E-state index >= 15 is 0 Å². The van der Waals surface area contributed by atoms with Gasteiger partial charge in [-0.3, -0.25) is 0 Å². The van der Waals surface area contributed by atoms with E-state index in [1.165, 1.54) is 0 Å². The Bertz CT molecular complexity index is 466. The van der Waals surface area contributed by atoms with E-state index in [-0.39, 0.29) is 26.4 Å². The molecule has 0 saturated carbocycles. The Morgan fingerprint density at radius 2 is 0.722 bits per heavy atom. The van der Waals surface area contributed by atoms with E-state index in [2.05, 4.69) is 0 Å². The number of aliphatic hydroxyl groups excluding tert-OH is 4. The van der Waals surface area contributed by atoms with Gasteiger partial charge in [-0.1, -0.05) is 24.3 Å². The smallest absolute Gasteiger partial charge is 0.0688 e. The zero-order chi connectivity index (χ0) is 13.1. The maximum absolute atomic E-state index is 9.38. The van der Waals surface area contributed by atoms with E-state index in [4.69, 9.17) is 0 Å². The summed E-state index contributed by atoms with van der Waals surface area (Å²) in [6.07, 6.45) is 0. The quantitative estimate of drug-likeness (QED) is 0.645. The molecule has 4 nitrogen and oxygen atoms in total. The van der Waals surface area contributed by atoms with Gasteiger partial charge in [-0.05, 0) is 33.0 Å². The number of hydrogen-bond acceptors (Lipinski definition) is 4. The predicted molar refractivity (Wildman–Crippen MR) is 67.6 cm³/mol. The van der Waals surface area contributed by atoms with Gasteiger partial charge in [0, 0.05) is 0 Å². The maximum Gasteiger partial charge on any atom is 0.0688 e. The first-order valence-corrected chi connectivity index (χ1v) is 5.75. The van der Waals surface area contributed by atoms with E-state index in [1.54, 1.807) is 24.3 Å². The van der Waals surface area contributed by atoms with Crippen LogP contribution in [0.15, 0.2) is 24.3 Å². The molecule has 96 valence electrons. The van der Waals surface area contributed by atoms with Gasteiger partial charge in [-0.25, -0.2) is 0 Å². The van der Waals surface area contributed by atoms with Gasteiger partial charge in [0.1, 0.15) is 0 Å². The van der Waals surface area contributed by atoms with Crippen molar-refractivity contribution in [1.29, 1.82) is 0 Å². The lowest BCUT2D eigenvalue weighted by Gasteiger charge is -2.15. The van der Waals surface area contributed by atoms with Gasteiger partial charge in [0.05, 0.1) is 26.4 Å². The summed E-state index contributed by atoms with van der Waals surface area (Å²) >= 11 is 0. The molecule has 0 atom stereocenters. The van der Waals surface area contributed by atoms with Gasteiger partial charge in [-0.15, -0.1) is 0 Å². The van der Waals surface area contributed by atoms with Gasteiger partial charge in [0.2, 0.25) is 0 Å². The van der Waals surface area contributed by atoms with Crippen molar-refractivity contribution in [3.8, 4) is 0 Å². The summed E-state index contributed by atoms with van der Waals surface area (Å²) in [5.74, 6) is 0. The summed E-state index contributed by atoms with van der Waals surface area (Å²) in [4.78, 5) is 0. The molecule has 2 aromatic rings. The highest BCUT2D eigenvalue weighted by atomic mass is 16.3. The molecular weight excluding hydrogens is 232 g/mol. The third-order valence-electron chi connectivity index (χ3n) is 3.19. The molecule has 0 heterocycles. The first-order chi connectivity index (χ1) is 8.76. The van der Waals surface area contributed by atoms with E-state index < -0.39 is 0 Å². The number of rotatable bonds is 4. The zero-order valence-electron chi connectivity index (χ0n) is 9.93. The van der Waals surface area contributed by atoms with Crippen LogP contribution in [0.4, 0.5) is 0 Å². The second kappa shape index (κ2) is 5.46. The molecule has 0 radical (unpaired) electrons. The molecule has 0 aliphatic heterocycles. The van der Waals surface area contributed by atoms with Gasteiger partial charge < -0.3 is 20.4 Å². The van der Waals surface area contributed by atoms with Crippen LogP contribution in [-0.2, 0) is 26.4 Å². The topological polar surface area (TPSA) is 80.9 Å². The number of benzene rings is 2. The molecule has 2 rings (SSSR count). The van der Waals surface area contributed by atoms with Crippen LogP contribution in [0.25, 0.3) is 10.8 Å². The molecule has 0 aliphatic rings. The Labute approximate surface area is 105 Å². The van der Waals surface area contributed by atoms with Crippen LogP contribution in [0.3, 0.4) is 0 Å². The Morgan fingerprint density at radius 1 is 0.500 bits per heavy atom. The molecule has 4 N–H and O–H groups in total. The van der Waals surface area contributed by atoms with Crippen molar-refractivity contribution in [3.05, 3.63) is 46.5 Å². The van der Waals surface area contributed by atoms with Crippen molar-refractivity contribution in [2.45, 2.75) is 26.4 Å². The summed E-state index contributed by atoms with van der Waals surface area (Å²) in [7, 11) is 0. The summed E-state index contributed by atoms with van der Waals surface area (Å²) in [6, 6.07) is 6.92. The van der Waals surface area contributed by atoms with Crippen molar-refractivity contribution in [3.63, 3.8) is 0 Å². The second-order valence-electron chi connectivity index (χ2n) is 4.15. The Balaban J connectivity index is 2.92. The summed E-state index contributed by atoms with van der Waals surface area (Å²) < 4.78 is 0. The van der Waals surface area contributed by atoms with Crippen molar-refractivity contribution in [2.75, 3.05) is 0 Å². The summed E-state index contributed by atoms with van der Waals surface area (Å²) in [5, 5.41) is 38.9. The molecule has 0 unspecified atom stereocenters. The van der Waals surface area contributed by atoms with Crippen LogP contribution in [-0.4, -0.2) is 20.4 Å². The fraction of sp³-hybridized carbons (Fsp3) is 0.286. The molecule has 0 fully saturated rings. The highest BCUT2D eigenvalue weighted by Gasteiger charge is 2.12. The lowest BCUT2D eigenvalue weighted by atomic mass is 9.92. The minimum absolute atomic E-state index is 0.149. The predicted octanol–water partition coefficient (Wildman–Crippen LogP) is 0.809. The van der Waals surface area contributed by atoms with E-state index in [0.717, 1.165) is 10.8 Å². The first kappa shape index (κ1) is 13.0. The summed E-state index contributed by atoms with van der Waals surface area (Å²) in [5.41, 5.74) is 2.73. The molecule has 4 heteroatoms. The molecule has 0 bridgehead atoms. The largest absolute Gasteiger partial charge is 0.392 e. The van der Waals surface area contributed by atoms with Gasteiger partial charge in [0.25, 0.3) is 0 Å². The molecule has 0 saturated heterocycles. The maximum atomic E-state index is 9.38. The minimum atomic E-state index is -0.149. The molecule has 0 amide bonds. The van der Waals surface area contributed by atoms with E-state index in [0.29, 0.717) is 22.3 Å². The van der Waals surface area contributed by atoms with Crippen LogP contribution in [0, 0.1) is 0 Å². The van der Waals surface area contributed by atoms with Gasteiger partial charge in [0.15, 0.2) is 0 Å². The monoisotopic (exact) mass is 248 g/mol. The fourth-order valence-corrected chi connectivity index (χ4v) is 2.32. The second-order valence-corrected chi connectivity index (χ2v) is 4.15. The molecule has 0 aliphatic carbocycles. The highest BCUT2D eigenvalue weighted by Crippen LogP contribution is 2.30. The average Bonchev–Trinajstić information content (AvgIpc) is 2.44. The van der Waals surface area contributed by atoms with Crippen molar-refractivity contribution < 1.29 is 20.4 Å². The third-order valence-corrected chi connectivity index (χ3v) is 3.19. The van der Waals surface area contributed by atoms with Crippen LogP contribution in [0.5, 0.6) is 0 Å². The van der Waals surface area contributed by atoms with Crippen molar-refractivity contribution >= 4 is 10.8 Å². The summed E-state index contributed by atoms with van der Waals surface area (Å²) in [6.45, 7) is -0.595. The number of fused-ring (bicyclic) bond motifs is 1.